The normalized spacial score (nSPS) is 13.6. The van der Waals surface area contributed by atoms with Crippen LogP contribution in [0.1, 0.15) is 47.8 Å². The van der Waals surface area contributed by atoms with Crippen LogP contribution >= 0.6 is 0 Å². The van der Waals surface area contributed by atoms with Gasteiger partial charge in [-0.05, 0) is 31.9 Å². The number of benzene rings is 1. The van der Waals surface area contributed by atoms with Crippen molar-refractivity contribution in [1.29, 1.82) is 0 Å². The predicted octanol–water partition coefficient (Wildman–Crippen LogP) is 1.84. The van der Waals surface area contributed by atoms with Crippen molar-refractivity contribution in [3.8, 4) is 5.75 Å². The standard InChI is InChI=1S/C16H17N3O4/c1-10(20)12-3-2-4-13(7-12)22-9-14(21)17-8-15-18-19-16(23-15)11-5-6-11/h2-4,7,11H,5-6,8-9H2,1H3,(H,17,21). The zero-order valence-electron chi connectivity index (χ0n) is 12.7. The van der Waals surface area contributed by atoms with Crippen LogP contribution in [0.25, 0.3) is 0 Å². The first kappa shape index (κ1) is 15.2. The summed E-state index contributed by atoms with van der Waals surface area (Å²) in [5, 5.41) is 10.5. The van der Waals surface area contributed by atoms with Gasteiger partial charge in [0, 0.05) is 11.5 Å². The van der Waals surface area contributed by atoms with Crippen molar-refractivity contribution in [1.82, 2.24) is 15.5 Å². The number of aromatic nitrogens is 2. The Balaban J connectivity index is 1.45. The molecule has 23 heavy (non-hydrogen) atoms. The van der Waals surface area contributed by atoms with E-state index in [0.29, 0.717) is 29.0 Å². The van der Waals surface area contributed by atoms with Crippen LogP contribution in [-0.4, -0.2) is 28.5 Å². The average molecular weight is 315 g/mol. The van der Waals surface area contributed by atoms with Gasteiger partial charge < -0.3 is 14.5 Å². The van der Waals surface area contributed by atoms with Crippen LogP contribution in [0, 0.1) is 0 Å². The number of nitrogens with one attached hydrogen (secondary N) is 1. The van der Waals surface area contributed by atoms with Gasteiger partial charge in [0.1, 0.15) is 5.75 Å². The second kappa shape index (κ2) is 6.60. The molecule has 0 bridgehead atoms. The van der Waals surface area contributed by atoms with Crippen LogP contribution in [0.15, 0.2) is 28.7 Å². The molecule has 0 saturated heterocycles. The minimum atomic E-state index is -0.301. The third-order valence-corrected chi connectivity index (χ3v) is 3.46. The van der Waals surface area contributed by atoms with Crippen LogP contribution in [0.4, 0.5) is 0 Å². The third-order valence-electron chi connectivity index (χ3n) is 3.46. The van der Waals surface area contributed by atoms with E-state index in [1.807, 2.05) is 0 Å². The summed E-state index contributed by atoms with van der Waals surface area (Å²) in [5.74, 6) is 1.54. The molecule has 0 unspecified atom stereocenters. The summed E-state index contributed by atoms with van der Waals surface area (Å²) in [6.07, 6.45) is 2.17. The van der Waals surface area contributed by atoms with E-state index in [9.17, 15) is 9.59 Å². The quantitative estimate of drug-likeness (QED) is 0.784. The number of carbonyl (C=O) groups is 2. The highest BCUT2D eigenvalue weighted by molar-refractivity contribution is 5.94. The molecule has 7 heteroatoms. The van der Waals surface area contributed by atoms with Crippen molar-refractivity contribution in [3.63, 3.8) is 0 Å². The lowest BCUT2D eigenvalue weighted by Gasteiger charge is -2.07. The van der Waals surface area contributed by atoms with E-state index >= 15 is 0 Å². The Morgan fingerprint density at radius 1 is 1.35 bits per heavy atom. The van der Waals surface area contributed by atoms with Crippen LogP contribution in [0.3, 0.4) is 0 Å². The van der Waals surface area contributed by atoms with Crippen molar-refractivity contribution < 1.29 is 18.7 Å². The molecule has 1 N–H and O–H groups in total. The van der Waals surface area contributed by atoms with Crippen LogP contribution < -0.4 is 10.1 Å². The Bertz CT molecular complexity index is 722. The summed E-state index contributed by atoms with van der Waals surface area (Å²) >= 11 is 0. The molecule has 1 aliphatic carbocycles. The molecular weight excluding hydrogens is 298 g/mol. The van der Waals surface area contributed by atoms with Gasteiger partial charge in [-0.3, -0.25) is 9.59 Å². The topological polar surface area (TPSA) is 94.3 Å². The number of hydrogen-bond acceptors (Lipinski definition) is 6. The number of nitrogens with zero attached hydrogens (tertiary/aromatic N) is 2. The monoisotopic (exact) mass is 315 g/mol. The van der Waals surface area contributed by atoms with E-state index < -0.39 is 0 Å². The highest BCUT2D eigenvalue weighted by Gasteiger charge is 2.29. The predicted molar refractivity (Wildman–Crippen MR) is 80.1 cm³/mol. The maximum atomic E-state index is 11.8. The van der Waals surface area contributed by atoms with Crippen molar-refractivity contribution in [2.75, 3.05) is 6.61 Å². The molecule has 2 aromatic rings. The fraction of sp³-hybridized carbons (Fsp3) is 0.375. The first-order valence-electron chi connectivity index (χ1n) is 7.44. The number of carbonyl (C=O) groups excluding carboxylic acids is 2. The summed E-state index contributed by atoms with van der Waals surface area (Å²) in [6.45, 7) is 1.51. The Hall–Kier alpha value is -2.70. The van der Waals surface area contributed by atoms with Gasteiger partial charge in [0.2, 0.25) is 11.8 Å². The van der Waals surface area contributed by atoms with E-state index in [2.05, 4.69) is 15.5 Å². The summed E-state index contributed by atoms with van der Waals surface area (Å²) < 4.78 is 10.8. The fourth-order valence-electron chi connectivity index (χ4n) is 2.01. The second-order valence-electron chi connectivity index (χ2n) is 5.46. The van der Waals surface area contributed by atoms with Gasteiger partial charge in [0.25, 0.3) is 5.91 Å². The Kier molecular flexibility index (Phi) is 4.36. The minimum absolute atomic E-state index is 0.0530. The number of amides is 1. The van der Waals surface area contributed by atoms with Gasteiger partial charge >= 0.3 is 0 Å². The molecule has 1 fully saturated rings. The molecule has 1 aromatic heterocycles. The molecular formula is C16H17N3O4. The van der Waals surface area contributed by atoms with Gasteiger partial charge in [-0.15, -0.1) is 10.2 Å². The van der Waals surface area contributed by atoms with Crippen molar-refractivity contribution in [2.24, 2.45) is 0 Å². The van der Waals surface area contributed by atoms with Crippen LogP contribution in [0.5, 0.6) is 5.75 Å². The number of ketones is 1. The Morgan fingerprint density at radius 2 is 2.17 bits per heavy atom. The molecule has 0 spiro atoms. The number of Topliss-reactive ketones (excluding diaryl/α,β-unsaturated/α-hetero) is 1. The third kappa shape index (κ3) is 4.15. The molecule has 1 heterocycles. The van der Waals surface area contributed by atoms with Crippen molar-refractivity contribution in [2.45, 2.75) is 32.2 Å². The maximum absolute atomic E-state index is 11.8. The highest BCUT2D eigenvalue weighted by Crippen LogP contribution is 2.38. The van der Waals surface area contributed by atoms with E-state index in [-0.39, 0.29) is 24.8 Å². The molecule has 7 nitrogen and oxygen atoms in total. The van der Waals surface area contributed by atoms with Gasteiger partial charge in [0.15, 0.2) is 12.4 Å². The van der Waals surface area contributed by atoms with Crippen LogP contribution in [0.2, 0.25) is 0 Å². The number of ether oxygens (including phenoxy) is 1. The average Bonchev–Trinajstić information content (AvgIpc) is 3.30. The SMILES string of the molecule is CC(=O)c1cccc(OCC(=O)NCc2nnc(C3CC3)o2)c1. The van der Waals surface area contributed by atoms with Crippen LogP contribution in [-0.2, 0) is 11.3 Å². The Morgan fingerprint density at radius 3 is 2.91 bits per heavy atom. The molecule has 1 amide bonds. The zero-order chi connectivity index (χ0) is 16.2. The van der Waals surface area contributed by atoms with Gasteiger partial charge in [-0.1, -0.05) is 12.1 Å². The molecule has 0 atom stereocenters. The summed E-state index contributed by atoms with van der Waals surface area (Å²) in [6, 6.07) is 6.71. The molecule has 0 radical (unpaired) electrons. The van der Waals surface area contributed by atoms with Gasteiger partial charge in [-0.25, -0.2) is 0 Å². The van der Waals surface area contributed by atoms with Gasteiger partial charge in [0.05, 0.1) is 6.54 Å². The van der Waals surface area contributed by atoms with E-state index in [1.54, 1.807) is 24.3 Å². The first-order valence-corrected chi connectivity index (χ1v) is 7.44. The smallest absolute Gasteiger partial charge is 0.258 e. The van der Waals surface area contributed by atoms with E-state index in [1.165, 1.54) is 6.92 Å². The summed E-state index contributed by atoms with van der Waals surface area (Å²) in [5.41, 5.74) is 0.543. The molecule has 1 saturated carbocycles. The fourth-order valence-corrected chi connectivity index (χ4v) is 2.01. The zero-order valence-corrected chi connectivity index (χ0v) is 12.7. The summed E-state index contributed by atoms with van der Waals surface area (Å²) in [7, 11) is 0. The van der Waals surface area contributed by atoms with Gasteiger partial charge in [-0.2, -0.15) is 0 Å². The lowest BCUT2D eigenvalue weighted by Crippen LogP contribution is -2.28. The highest BCUT2D eigenvalue weighted by atomic mass is 16.5. The van der Waals surface area contributed by atoms with Crippen molar-refractivity contribution in [3.05, 3.63) is 41.6 Å². The molecule has 0 aliphatic heterocycles. The maximum Gasteiger partial charge on any atom is 0.258 e. The first-order chi connectivity index (χ1) is 11.1. The minimum Gasteiger partial charge on any atom is -0.484 e. The van der Waals surface area contributed by atoms with Crippen molar-refractivity contribution >= 4 is 11.7 Å². The molecule has 1 aromatic carbocycles. The Labute approximate surface area is 133 Å². The van der Waals surface area contributed by atoms with E-state index in [0.717, 1.165) is 12.8 Å². The summed E-state index contributed by atoms with van der Waals surface area (Å²) in [4.78, 5) is 23.1. The number of rotatable bonds is 7. The molecule has 3 rings (SSSR count). The number of hydrogen-bond donors (Lipinski definition) is 1. The lowest BCUT2D eigenvalue weighted by atomic mass is 10.1. The lowest BCUT2D eigenvalue weighted by molar-refractivity contribution is -0.123. The second-order valence-corrected chi connectivity index (χ2v) is 5.46. The molecule has 120 valence electrons. The molecule has 1 aliphatic rings. The largest absolute Gasteiger partial charge is 0.484 e. The van der Waals surface area contributed by atoms with E-state index in [4.69, 9.17) is 9.15 Å².